The van der Waals surface area contributed by atoms with Crippen LogP contribution >= 0.6 is 11.3 Å². The number of hydrogen-bond acceptors (Lipinski definition) is 3. The summed E-state index contributed by atoms with van der Waals surface area (Å²) in [5.74, 6) is 0.867. The summed E-state index contributed by atoms with van der Waals surface area (Å²) < 4.78 is 9.29. The number of fused-ring (bicyclic) bond motifs is 7. The van der Waals surface area contributed by atoms with Gasteiger partial charge in [0.1, 0.15) is 11.3 Å². The highest BCUT2D eigenvalue weighted by molar-refractivity contribution is 7.26. The maximum absolute atomic E-state index is 6.68. The Morgan fingerprint density at radius 3 is 1.65 bits per heavy atom. The summed E-state index contributed by atoms with van der Waals surface area (Å²) in [5.41, 5.74) is 17.0. The van der Waals surface area contributed by atoms with Gasteiger partial charge in [0.15, 0.2) is 0 Å². The van der Waals surface area contributed by atoms with Crippen LogP contribution in [-0.2, 0) is 5.41 Å². The van der Waals surface area contributed by atoms with Gasteiger partial charge in [0.2, 0.25) is 0 Å². The van der Waals surface area contributed by atoms with E-state index >= 15 is 0 Å². The van der Waals surface area contributed by atoms with Crippen molar-refractivity contribution in [1.82, 2.24) is 0 Å². The van der Waals surface area contributed by atoms with Gasteiger partial charge in [-0.2, -0.15) is 0 Å². The monoisotopic (exact) mass is 859 g/mol. The molecule has 2 nitrogen and oxygen atoms in total. The molecule has 0 saturated heterocycles. The van der Waals surface area contributed by atoms with E-state index in [9.17, 15) is 0 Å². The number of thiophene rings is 1. The second kappa shape index (κ2) is 15.5. The fourth-order valence-corrected chi connectivity index (χ4v) is 11.9. The molecule has 0 unspecified atom stereocenters. The van der Waals surface area contributed by atoms with E-state index in [1.165, 1.54) is 64.7 Å². The molecule has 1 aliphatic rings. The van der Waals surface area contributed by atoms with Crippen LogP contribution < -0.4 is 4.90 Å². The van der Waals surface area contributed by atoms with Crippen LogP contribution in [0.5, 0.6) is 0 Å². The number of rotatable bonds is 8. The maximum Gasteiger partial charge on any atom is 0.143 e. The Labute approximate surface area is 387 Å². The molecule has 0 atom stereocenters. The molecule has 10 aromatic carbocycles. The van der Waals surface area contributed by atoms with Gasteiger partial charge in [0.25, 0.3) is 0 Å². The minimum absolute atomic E-state index is 0.481. The molecule has 0 amide bonds. The van der Waals surface area contributed by atoms with Crippen LogP contribution in [0.1, 0.15) is 22.3 Å². The lowest BCUT2D eigenvalue weighted by Crippen LogP contribution is -2.28. The molecule has 0 saturated carbocycles. The first-order chi connectivity index (χ1) is 32.7. The van der Waals surface area contributed by atoms with Gasteiger partial charge in [0.05, 0.1) is 5.41 Å². The van der Waals surface area contributed by atoms with E-state index in [2.05, 4.69) is 248 Å². The van der Waals surface area contributed by atoms with Crippen LogP contribution in [-0.4, -0.2) is 0 Å². The quantitative estimate of drug-likeness (QED) is 0.151. The SMILES string of the molecule is c1ccc(-c2c(-c3ccc(N(c4ccc(C5(c6ccccc6)c6ccccc6-c6ccccc65)cc4)c4cccc(-c5cccc6c5sc5ccccc56)c4)cc3)oc3ccccc23)cc1. The highest BCUT2D eigenvalue weighted by Crippen LogP contribution is 2.56. The highest BCUT2D eigenvalue weighted by Gasteiger charge is 2.45. The first kappa shape index (κ1) is 38.2. The van der Waals surface area contributed by atoms with E-state index in [1.54, 1.807) is 0 Å². The molecule has 12 aromatic rings. The van der Waals surface area contributed by atoms with Gasteiger partial charge < -0.3 is 9.32 Å². The van der Waals surface area contributed by atoms with Crippen molar-refractivity contribution < 1.29 is 4.42 Å². The zero-order chi connectivity index (χ0) is 43.6. The molecule has 0 bridgehead atoms. The van der Waals surface area contributed by atoms with E-state index in [4.69, 9.17) is 4.42 Å². The number of furan rings is 1. The van der Waals surface area contributed by atoms with Crippen LogP contribution in [0.25, 0.3) is 75.8 Å². The van der Waals surface area contributed by atoms with Gasteiger partial charge in [0, 0.05) is 53.7 Å². The Hall–Kier alpha value is -8.24. The third kappa shape index (κ3) is 5.94. The molecule has 0 N–H and O–H groups in total. The predicted molar refractivity (Wildman–Crippen MR) is 277 cm³/mol. The van der Waals surface area contributed by atoms with E-state index in [-0.39, 0.29) is 0 Å². The number of benzene rings is 10. The second-order valence-electron chi connectivity index (χ2n) is 17.1. The molecule has 0 spiro atoms. The largest absolute Gasteiger partial charge is 0.455 e. The van der Waals surface area contributed by atoms with Crippen molar-refractivity contribution in [2.45, 2.75) is 5.41 Å². The predicted octanol–water partition coefficient (Wildman–Crippen LogP) is 17.6. The topological polar surface area (TPSA) is 16.4 Å². The molecule has 2 aromatic heterocycles. The van der Waals surface area contributed by atoms with Gasteiger partial charge in [-0.05, 0) is 111 Å². The molecule has 2 heterocycles. The van der Waals surface area contributed by atoms with Crippen LogP contribution in [0.4, 0.5) is 17.1 Å². The molecule has 310 valence electrons. The fraction of sp³-hybridized carbons (Fsp3) is 0.0159. The minimum Gasteiger partial charge on any atom is -0.455 e. The van der Waals surface area contributed by atoms with Gasteiger partial charge >= 0.3 is 0 Å². The van der Waals surface area contributed by atoms with Crippen molar-refractivity contribution >= 4 is 59.5 Å². The first-order valence-corrected chi connectivity index (χ1v) is 23.4. The fourth-order valence-electron chi connectivity index (χ4n) is 10.7. The van der Waals surface area contributed by atoms with Gasteiger partial charge in [-0.15, -0.1) is 11.3 Å². The average Bonchev–Trinajstić information content (AvgIpc) is 4.07. The van der Waals surface area contributed by atoms with Crippen molar-refractivity contribution in [2.75, 3.05) is 4.90 Å². The van der Waals surface area contributed by atoms with E-state index in [0.29, 0.717) is 0 Å². The van der Waals surface area contributed by atoms with Crippen LogP contribution in [0.15, 0.2) is 253 Å². The lowest BCUT2D eigenvalue weighted by molar-refractivity contribution is 0.632. The Balaban J connectivity index is 0.978. The van der Waals surface area contributed by atoms with Gasteiger partial charge in [-0.1, -0.05) is 188 Å². The smallest absolute Gasteiger partial charge is 0.143 e. The molecule has 0 fully saturated rings. The van der Waals surface area contributed by atoms with Crippen molar-refractivity contribution in [3.8, 4) is 44.7 Å². The molecular weight excluding hydrogens is 819 g/mol. The average molecular weight is 860 g/mol. The third-order valence-corrected chi connectivity index (χ3v) is 14.8. The Morgan fingerprint density at radius 1 is 0.364 bits per heavy atom. The normalized spacial score (nSPS) is 12.7. The summed E-state index contributed by atoms with van der Waals surface area (Å²) >= 11 is 1.87. The first-order valence-electron chi connectivity index (χ1n) is 22.6. The van der Waals surface area contributed by atoms with E-state index in [1.807, 2.05) is 17.4 Å². The van der Waals surface area contributed by atoms with Crippen molar-refractivity contribution in [1.29, 1.82) is 0 Å². The van der Waals surface area contributed by atoms with Crippen LogP contribution in [0, 0.1) is 0 Å². The maximum atomic E-state index is 6.68. The Morgan fingerprint density at radius 2 is 0.909 bits per heavy atom. The molecular formula is C63H41NOS. The number of anilines is 3. The van der Waals surface area contributed by atoms with E-state index < -0.39 is 5.41 Å². The molecule has 0 aliphatic heterocycles. The van der Waals surface area contributed by atoms with Crippen LogP contribution in [0.3, 0.4) is 0 Å². The molecule has 66 heavy (non-hydrogen) atoms. The molecule has 0 radical (unpaired) electrons. The highest BCUT2D eigenvalue weighted by atomic mass is 32.1. The lowest BCUT2D eigenvalue weighted by Gasteiger charge is -2.34. The number of hydrogen-bond donors (Lipinski definition) is 0. The van der Waals surface area contributed by atoms with E-state index in [0.717, 1.165) is 50.5 Å². The van der Waals surface area contributed by atoms with Crippen molar-refractivity contribution in [2.24, 2.45) is 0 Å². The number of para-hydroxylation sites is 1. The third-order valence-electron chi connectivity index (χ3n) is 13.6. The van der Waals surface area contributed by atoms with Gasteiger partial charge in [-0.25, -0.2) is 0 Å². The molecule has 13 rings (SSSR count). The summed E-state index contributed by atoms with van der Waals surface area (Å²) in [6.07, 6.45) is 0. The van der Waals surface area contributed by atoms with Gasteiger partial charge in [-0.3, -0.25) is 0 Å². The van der Waals surface area contributed by atoms with Crippen LogP contribution in [0.2, 0.25) is 0 Å². The number of nitrogens with zero attached hydrogens (tertiary/aromatic N) is 1. The molecule has 1 aliphatic carbocycles. The zero-order valence-corrected chi connectivity index (χ0v) is 36.8. The molecule has 3 heteroatoms. The zero-order valence-electron chi connectivity index (χ0n) is 35.9. The summed E-state index contributed by atoms with van der Waals surface area (Å²) in [7, 11) is 0. The Bertz CT molecular complexity index is 3710. The summed E-state index contributed by atoms with van der Waals surface area (Å²) in [5, 5.41) is 3.71. The Kier molecular flexibility index (Phi) is 8.97. The van der Waals surface area contributed by atoms with Crippen molar-refractivity contribution in [3.05, 3.63) is 271 Å². The summed E-state index contributed by atoms with van der Waals surface area (Å²) in [6.45, 7) is 0. The second-order valence-corrected chi connectivity index (χ2v) is 18.2. The minimum atomic E-state index is -0.481. The summed E-state index contributed by atoms with van der Waals surface area (Å²) in [6, 6.07) is 90.5. The summed E-state index contributed by atoms with van der Waals surface area (Å²) in [4.78, 5) is 2.39. The standard InChI is InChI=1S/C63H41NOS/c1-3-17-42(18-4-1)60-55-26-9-13-31-58(55)65-61(60)43-33-37-47(38-34-43)64(49-22-15-19-44(41-49)50-27-16-28-54-53-25-10-14-32-59(53)66-62(50)54)48-39-35-46(36-40-48)63(45-20-5-2-6-21-45)56-29-11-7-23-51(56)52-24-8-12-30-57(52)63/h1-41H. The van der Waals surface area contributed by atoms with Crippen molar-refractivity contribution in [3.63, 3.8) is 0 Å². The lowest BCUT2D eigenvalue weighted by atomic mass is 9.68.